The Balaban J connectivity index is 2.30. The van der Waals surface area contributed by atoms with Crippen LogP contribution in [0.2, 0.25) is 0 Å². The number of nitrogens with two attached hydrogens (primary N) is 3. The van der Waals surface area contributed by atoms with Crippen LogP contribution in [0, 0.1) is 5.92 Å². The van der Waals surface area contributed by atoms with Crippen molar-refractivity contribution < 1.29 is 78.0 Å². The van der Waals surface area contributed by atoms with Gasteiger partial charge in [0, 0.05) is 19.3 Å². The van der Waals surface area contributed by atoms with E-state index < -0.39 is 171 Å². The lowest BCUT2D eigenvalue weighted by atomic mass is 9.96. The Morgan fingerprint density at radius 1 is 0.539 bits per heavy atom. The highest BCUT2D eigenvalue weighted by Gasteiger charge is 2.35. The minimum atomic E-state index is -1.93. The number of carboxylic acid groups (broad SMARTS) is 3. The van der Waals surface area contributed by atoms with Gasteiger partial charge in [0.1, 0.15) is 42.3 Å². The van der Waals surface area contributed by atoms with Crippen LogP contribution in [0.3, 0.4) is 0 Å². The predicted octanol–water partition coefficient (Wildman–Crippen LogP) is -3.83. The first-order valence-electron chi connectivity index (χ1n) is 24.5. The third-order valence-electron chi connectivity index (χ3n) is 11.8. The zero-order chi connectivity index (χ0) is 56.9. The molecule has 0 bridgehead atoms. The van der Waals surface area contributed by atoms with E-state index in [0.29, 0.717) is 18.4 Å². The molecule has 27 heteroatoms. The molecule has 2 aromatic carbocycles. The van der Waals surface area contributed by atoms with Gasteiger partial charge in [-0.1, -0.05) is 80.9 Å². The molecule has 0 aliphatic carbocycles. The van der Waals surface area contributed by atoms with E-state index in [-0.39, 0.29) is 32.2 Å². The quantitative estimate of drug-likeness (QED) is 0.0291. The average Bonchev–Trinajstić information content (AvgIpc) is 3.37. The maximum atomic E-state index is 14.0. The van der Waals surface area contributed by atoms with Crippen molar-refractivity contribution in [2.45, 2.75) is 133 Å². The maximum absolute atomic E-state index is 14.0. The van der Waals surface area contributed by atoms with Crippen molar-refractivity contribution in [3.05, 3.63) is 71.8 Å². The first-order valence-corrected chi connectivity index (χ1v) is 24.5. The number of aliphatic carboxylic acids is 3. The van der Waals surface area contributed by atoms with Gasteiger partial charge in [-0.2, -0.15) is 0 Å². The third kappa shape index (κ3) is 23.9. The molecule has 0 fully saturated rings. The van der Waals surface area contributed by atoms with Crippen molar-refractivity contribution in [1.82, 2.24) is 42.5 Å². The molecule has 0 aliphatic rings. The van der Waals surface area contributed by atoms with Crippen LogP contribution >= 0.6 is 0 Å². The van der Waals surface area contributed by atoms with Gasteiger partial charge in [0.25, 0.3) is 0 Å². The van der Waals surface area contributed by atoms with Gasteiger partial charge in [-0.3, -0.25) is 52.7 Å². The number of nitrogens with one attached hydrogen (secondary N) is 8. The Morgan fingerprint density at radius 3 is 1.58 bits per heavy atom. The first kappa shape index (κ1) is 64.1. The zero-order valence-corrected chi connectivity index (χ0v) is 42.3. The summed E-state index contributed by atoms with van der Waals surface area (Å²) in [4.78, 5) is 155. The molecule has 2 rings (SSSR count). The molecule has 9 atom stereocenters. The van der Waals surface area contributed by atoms with Gasteiger partial charge < -0.3 is 80.2 Å². The molecule has 0 aromatic heterocycles. The standard InChI is InChI=1S/C49H71N11O16/c1-3-27(2)41(60-42(68)30(51)22-28-12-6-4-7-13-28)48(74)56-31(18-20-39(64)65)43(69)53-25-38(63)54-34(23-29-14-8-5-9-15-29)45(71)55-32(17-19-37(52)62)44(70)59-36(26-61)47(73)58-35(24-40(66)67)46(72)57-33(49(75)76)16-10-11-21-50/h4-9,12-15,27,30-36,41,61H,3,10-11,16-26,50-51H2,1-2H3,(H2,52,62)(H,53,69)(H,54,63)(H,55,71)(H,56,74)(H,57,72)(H,58,73)(H,59,70)(H,60,68)(H,64,65)(H,66,67)(H,75,76). The molecule has 0 aliphatic heterocycles. The molecule has 18 N–H and O–H groups in total. The monoisotopic (exact) mass is 1070 g/mol. The summed E-state index contributed by atoms with van der Waals surface area (Å²) >= 11 is 0. The molecule has 76 heavy (non-hydrogen) atoms. The molecule has 0 saturated heterocycles. The molecule has 9 unspecified atom stereocenters. The molecule has 0 radical (unpaired) electrons. The normalized spacial score (nSPS) is 14.4. The molecular formula is C49H71N11O16. The molecule has 2 aromatic rings. The number of hydrogen-bond donors (Lipinski definition) is 15. The van der Waals surface area contributed by atoms with E-state index in [0.717, 1.165) is 5.56 Å². The van der Waals surface area contributed by atoms with E-state index in [9.17, 15) is 78.0 Å². The number of unbranched alkanes of at least 4 members (excludes halogenated alkanes) is 1. The minimum Gasteiger partial charge on any atom is -0.481 e. The Morgan fingerprint density at radius 2 is 1.04 bits per heavy atom. The molecule has 9 amide bonds. The maximum Gasteiger partial charge on any atom is 0.326 e. The summed E-state index contributed by atoms with van der Waals surface area (Å²) in [6, 6.07) is 4.59. The minimum absolute atomic E-state index is 0.0831. The zero-order valence-electron chi connectivity index (χ0n) is 42.3. The summed E-state index contributed by atoms with van der Waals surface area (Å²) in [5.74, 6) is -14.1. The van der Waals surface area contributed by atoms with Crippen LogP contribution < -0.4 is 59.7 Å². The molecule has 418 valence electrons. The van der Waals surface area contributed by atoms with Gasteiger partial charge in [0.05, 0.1) is 25.6 Å². The summed E-state index contributed by atoms with van der Waals surface area (Å²) in [6.45, 7) is 1.65. The summed E-state index contributed by atoms with van der Waals surface area (Å²) in [7, 11) is 0. The van der Waals surface area contributed by atoms with Crippen molar-refractivity contribution in [2.75, 3.05) is 19.7 Å². The summed E-state index contributed by atoms with van der Waals surface area (Å²) in [5.41, 5.74) is 18.2. The van der Waals surface area contributed by atoms with Gasteiger partial charge in [-0.05, 0) is 62.1 Å². The lowest BCUT2D eigenvalue weighted by molar-refractivity contribution is -0.144. The second kappa shape index (κ2) is 33.7. The lowest BCUT2D eigenvalue weighted by Gasteiger charge is -2.27. The van der Waals surface area contributed by atoms with Crippen LogP contribution in [0.4, 0.5) is 0 Å². The number of primary amides is 1. The second-order valence-corrected chi connectivity index (χ2v) is 17.8. The molecule has 0 heterocycles. The fourth-order valence-electron chi connectivity index (χ4n) is 7.29. The first-order chi connectivity index (χ1) is 36.0. The Kier molecular flexibility index (Phi) is 28.4. The number of aliphatic hydroxyl groups is 1. The van der Waals surface area contributed by atoms with Crippen LogP contribution in [-0.2, 0) is 70.4 Å². The van der Waals surface area contributed by atoms with Crippen molar-refractivity contribution in [3.63, 3.8) is 0 Å². The largest absolute Gasteiger partial charge is 0.481 e. The van der Waals surface area contributed by atoms with E-state index in [1.54, 1.807) is 74.5 Å². The average molecular weight is 1070 g/mol. The van der Waals surface area contributed by atoms with Gasteiger partial charge in [-0.15, -0.1) is 0 Å². The summed E-state index contributed by atoms with van der Waals surface area (Å²) < 4.78 is 0. The number of carboxylic acids is 3. The number of hydrogen-bond acceptors (Lipinski definition) is 15. The van der Waals surface area contributed by atoms with E-state index in [4.69, 9.17) is 17.2 Å². The summed E-state index contributed by atoms with van der Waals surface area (Å²) in [6.07, 6.45) is -2.23. The molecule has 27 nitrogen and oxygen atoms in total. The smallest absolute Gasteiger partial charge is 0.326 e. The van der Waals surface area contributed by atoms with Gasteiger partial charge >= 0.3 is 17.9 Å². The number of benzene rings is 2. The summed E-state index contributed by atoms with van der Waals surface area (Å²) in [5, 5.41) is 57.2. The predicted molar refractivity (Wildman–Crippen MR) is 269 cm³/mol. The van der Waals surface area contributed by atoms with Crippen LogP contribution in [0.1, 0.15) is 82.8 Å². The second-order valence-electron chi connectivity index (χ2n) is 17.8. The molecule has 0 saturated carbocycles. The van der Waals surface area contributed by atoms with Crippen LogP contribution in [0.25, 0.3) is 0 Å². The van der Waals surface area contributed by atoms with E-state index in [2.05, 4.69) is 42.5 Å². The van der Waals surface area contributed by atoms with E-state index >= 15 is 0 Å². The van der Waals surface area contributed by atoms with E-state index in [1.807, 2.05) is 0 Å². The Bertz CT molecular complexity index is 2310. The van der Waals surface area contributed by atoms with Crippen LogP contribution in [0.15, 0.2) is 60.7 Å². The number of rotatable bonds is 36. The van der Waals surface area contributed by atoms with Gasteiger partial charge in [0.15, 0.2) is 0 Å². The fourth-order valence-corrected chi connectivity index (χ4v) is 7.29. The van der Waals surface area contributed by atoms with Crippen LogP contribution in [0.5, 0.6) is 0 Å². The fraction of sp³-hybridized carbons (Fsp3) is 0.510. The highest BCUT2D eigenvalue weighted by Crippen LogP contribution is 2.12. The lowest BCUT2D eigenvalue weighted by Crippen LogP contribution is -2.60. The van der Waals surface area contributed by atoms with Crippen molar-refractivity contribution >= 4 is 71.1 Å². The van der Waals surface area contributed by atoms with Gasteiger partial charge in [-0.25, -0.2) is 4.79 Å². The number of carbonyl (C=O) groups is 12. The van der Waals surface area contributed by atoms with Crippen molar-refractivity contribution in [3.8, 4) is 0 Å². The highest BCUT2D eigenvalue weighted by molar-refractivity contribution is 5.98. The SMILES string of the molecule is CCC(C)C(NC(=O)C(N)Cc1ccccc1)C(=O)NC(CCC(=O)O)C(=O)NCC(=O)NC(Cc1ccccc1)C(=O)NC(CCC(N)=O)C(=O)NC(CO)C(=O)NC(CC(=O)O)C(=O)NC(CCCCN)C(=O)O. The van der Waals surface area contributed by atoms with Crippen molar-refractivity contribution in [1.29, 1.82) is 0 Å². The number of carbonyl (C=O) groups excluding carboxylic acids is 9. The van der Waals surface area contributed by atoms with Crippen LogP contribution in [-0.4, -0.2) is 160 Å². The van der Waals surface area contributed by atoms with Gasteiger partial charge in [0.2, 0.25) is 53.2 Å². The topological polar surface area (TPSA) is 460 Å². The Labute approximate surface area is 438 Å². The molecule has 0 spiro atoms. The number of aliphatic hydroxyl groups excluding tert-OH is 1. The van der Waals surface area contributed by atoms with E-state index in [1.165, 1.54) is 0 Å². The Hall–Kier alpha value is -8.04. The molecular weight excluding hydrogens is 999 g/mol. The van der Waals surface area contributed by atoms with Crippen molar-refractivity contribution in [2.24, 2.45) is 23.1 Å². The highest BCUT2D eigenvalue weighted by atomic mass is 16.4. The number of amides is 9. The third-order valence-corrected chi connectivity index (χ3v) is 11.8.